The smallest absolute Gasteiger partial charge is 0.309 e. The van der Waals surface area contributed by atoms with Gasteiger partial charge < -0.3 is 9.84 Å². The number of benzene rings is 1. The molecule has 0 aliphatic rings. The number of halogens is 3. The summed E-state index contributed by atoms with van der Waals surface area (Å²) in [5.41, 5.74) is -0.640. The first-order valence-electron chi connectivity index (χ1n) is 4.30. The molecule has 0 unspecified atom stereocenters. The summed E-state index contributed by atoms with van der Waals surface area (Å²) in [5, 5.41) is 8.33. The van der Waals surface area contributed by atoms with Crippen LogP contribution >= 0.6 is 0 Å². The average molecular weight is 234 g/mol. The summed E-state index contributed by atoms with van der Waals surface area (Å²) in [4.78, 5) is 10.3. The molecule has 0 aliphatic heterocycles. The van der Waals surface area contributed by atoms with Crippen LogP contribution in [-0.4, -0.2) is 18.2 Å². The van der Waals surface area contributed by atoms with Gasteiger partial charge in [-0.25, -0.2) is 13.2 Å². The highest BCUT2D eigenvalue weighted by atomic mass is 19.3. The van der Waals surface area contributed by atoms with Gasteiger partial charge in [0.2, 0.25) is 0 Å². The number of ether oxygens (including phenoxy) is 1. The second kappa shape index (κ2) is 4.42. The van der Waals surface area contributed by atoms with Crippen molar-refractivity contribution < 1.29 is 27.8 Å². The van der Waals surface area contributed by atoms with Crippen molar-refractivity contribution in [1.29, 1.82) is 0 Å². The van der Waals surface area contributed by atoms with Crippen molar-refractivity contribution in [3.05, 3.63) is 29.6 Å². The molecule has 1 rings (SSSR count). The minimum absolute atomic E-state index is 0.369. The minimum atomic E-state index is -3.59. The average Bonchev–Trinajstić information content (AvgIpc) is 2.15. The Hall–Kier alpha value is -1.72. The summed E-state index contributed by atoms with van der Waals surface area (Å²) in [5.74, 6) is -6.33. The van der Waals surface area contributed by atoms with Gasteiger partial charge in [-0.1, -0.05) is 0 Å². The van der Waals surface area contributed by atoms with E-state index in [0.29, 0.717) is 0 Å². The second-order valence-electron chi connectivity index (χ2n) is 3.12. The van der Waals surface area contributed by atoms with E-state index in [1.54, 1.807) is 0 Å². The Balaban J connectivity index is 3.15. The van der Waals surface area contributed by atoms with Gasteiger partial charge in [-0.3, -0.25) is 4.79 Å². The molecule has 0 saturated carbocycles. The lowest BCUT2D eigenvalue weighted by molar-refractivity contribution is -0.145. The molecule has 0 fully saturated rings. The topological polar surface area (TPSA) is 46.5 Å². The van der Waals surface area contributed by atoms with Gasteiger partial charge in [0.1, 0.15) is 18.0 Å². The Morgan fingerprint density at radius 1 is 1.50 bits per heavy atom. The summed E-state index contributed by atoms with van der Waals surface area (Å²) in [6.45, 7) is 0. The van der Waals surface area contributed by atoms with Crippen LogP contribution in [0.5, 0.6) is 5.75 Å². The van der Waals surface area contributed by atoms with Gasteiger partial charge in [-0.2, -0.15) is 0 Å². The molecule has 1 aromatic carbocycles. The molecule has 0 atom stereocenters. The molecule has 88 valence electrons. The van der Waals surface area contributed by atoms with Crippen LogP contribution in [0.4, 0.5) is 13.2 Å². The monoisotopic (exact) mass is 234 g/mol. The fraction of sp³-hybridized carbons (Fsp3) is 0.300. The first kappa shape index (κ1) is 12.4. The van der Waals surface area contributed by atoms with Crippen LogP contribution in [0.15, 0.2) is 18.2 Å². The number of aliphatic carboxylic acids is 1. The van der Waals surface area contributed by atoms with Crippen LogP contribution in [0.2, 0.25) is 0 Å². The van der Waals surface area contributed by atoms with Crippen molar-refractivity contribution in [2.24, 2.45) is 0 Å². The number of carboxylic acid groups (broad SMARTS) is 1. The van der Waals surface area contributed by atoms with Crippen LogP contribution in [0.1, 0.15) is 12.0 Å². The van der Waals surface area contributed by atoms with E-state index < -0.39 is 29.7 Å². The molecule has 3 nitrogen and oxygen atoms in total. The number of rotatable bonds is 4. The fourth-order valence-electron chi connectivity index (χ4n) is 1.25. The number of methoxy groups -OCH3 is 1. The van der Waals surface area contributed by atoms with Crippen molar-refractivity contribution >= 4 is 5.97 Å². The number of carboxylic acids is 1. The molecule has 0 saturated heterocycles. The van der Waals surface area contributed by atoms with Gasteiger partial charge in [0.05, 0.1) is 12.7 Å². The molecule has 16 heavy (non-hydrogen) atoms. The Morgan fingerprint density at radius 2 is 2.12 bits per heavy atom. The van der Waals surface area contributed by atoms with Gasteiger partial charge >= 0.3 is 5.97 Å². The van der Waals surface area contributed by atoms with Crippen LogP contribution in [0.3, 0.4) is 0 Å². The maximum atomic E-state index is 13.4. The first-order chi connectivity index (χ1) is 7.36. The van der Waals surface area contributed by atoms with Crippen molar-refractivity contribution in [1.82, 2.24) is 0 Å². The van der Waals surface area contributed by atoms with Crippen molar-refractivity contribution in [3.8, 4) is 5.75 Å². The van der Waals surface area contributed by atoms with E-state index in [1.807, 2.05) is 0 Å². The zero-order valence-corrected chi connectivity index (χ0v) is 8.34. The highest BCUT2D eigenvalue weighted by Crippen LogP contribution is 2.37. The van der Waals surface area contributed by atoms with E-state index in [2.05, 4.69) is 4.74 Å². The Bertz CT molecular complexity index is 404. The number of alkyl halides is 2. The van der Waals surface area contributed by atoms with Gasteiger partial charge in [0, 0.05) is 6.07 Å². The second-order valence-corrected chi connectivity index (χ2v) is 3.12. The number of hydrogen-bond donors (Lipinski definition) is 1. The lowest BCUT2D eigenvalue weighted by atomic mass is 10.0. The zero-order valence-electron chi connectivity index (χ0n) is 8.34. The molecule has 0 spiro atoms. The third kappa shape index (κ3) is 2.65. The lowest BCUT2D eigenvalue weighted by Crippen LogP contribution is -2.19. The summed E-state index contributed by atoms with van der Waals surface area (Å²) < 4.78 is 44.1. The van der Waals surface area contributed by atoms with Crippen LogP contribution in [-0.2, 0) is 10.7 Å². The molecule has 0 heterocycles. The van der Waals surface area contributed by atoms with Crippen molar-refractivity contribution in [2.75, 3.05) is 7.11 Å². The molecular formula is C10H9F3O3. The fourth-order valence-corrected chi connectivity index (χ4v) is 1.25. The van der Waals surface area contributed by atoms with Crippen molar-refractivity contribution in [2.45, 2.75) is 12.3 Å². The van der Waals surface area contributed by atoms with Crippen LogP contribution in [0.25, 0.3) is 0 Å². The largest absolute Gasteiger partial charge is 0.496 e. The Morgan fingerprint density at radius 3 is 2.62 bits per heavy atom. The molecular weight excluding hydrogens is 225 g/mol. The third-order valence-corrected chi connectivity index (χ3v) is 1.93. The summed E-state index contributed by atoms with van der Waals surface area (Å²) in [6, 6.07) is 2.43. The number of carbonyl (C=O) groups is 1. The van der Waals surface area contributed by atoms with E-state index >= 15 is 0 Å². The molecule has 0 aromatic heterocycles. The molecule has 1 N–H and O–H groups in total. The van der Waals surface area contributed by atoms with Crippen LogP contribution < -0.4 is 4.74 Å². The summed E-state index contributed by atoms with van der Waals surface area (Å²) in [7, 11) is 1.11. The van der Waals surface area contributed by atoms with E-state index in [1.165, 1.54) is 0 Å². The lowest BCUT2D eigenvalue weighted by Gasteiger charge is -2.17. The maximum Gasteiger partial charge on any atom is 0.309 e. The quantitative estimate of drug-likeness (QED) is 0.870. The van der Waals surface area contributed by atoms with E-state index in [-0.39, 0.29) is 5.75 Å². The first-order valence-corrected chi connectivity index (χ1v) is 4.30. The predicted molar refractivity (Wildman–Crippen MR) is 49.1 cm³/mol. The predicted octanol–water partition coefficient (Wildman–Crippen LogP) is 2.40. The SMILES string of the molecule is COc1cc(F)ccc1C(F)(F)CC(=O)O. The van der Waals surface area contributed by atoms with Crippen molar-refractivity contribution in [3.63, 3.8) is 0 Å². The maximum absolute atomic E-state index is 13.4. The Labute approximate surface area is 89.5 Å². The third-order valence-electron chi connectivity index (χ3n) is 1.93. The molecule has 0 amide bonds. The standard InChI is InChI=1S/C10H9F3O3/c1-16-8-4-6(11)2-3-7(8)10(12,13)5-9(14)15/h2-4H,5H2,1H3,(H,14,15). The van der Waals surface area contributed by atoms with Gasteiger partial charge in [-0.15, -0.1) is 0 Å². The van der Waals surface area contributed by atoms with Gasteiger partial charge in [0.25, 0.3) is 5.92 Å². The minimum Gasteiger partial charge on any atom is -0.496 e. The highest BCUT2D eigenvalue weighted by molar-refractivity contribution is 5.68. The molecule has 0 bridgehead atoms. The molecule has 1 aromatic rings. The molecule has 0 radical (unpaired) electrons. The normalized spacial score (nSPS) is 11.2. The molecule has 0 aliphatic carbocycles. The van der Waals surface area contributed by atoms with E-state index in [0.717, 1.165) is 25.3 Å². The zero-order chi connectivity index (χ0) is 12.3. The van der Waals surface area contributed by atoms with Gasteiger partial charge in [0.15, 0.2) is 0 Å². The van der Waals surface area contributed by atoms with Gasteiger partial charge in [-0.05, 0) is 12.1 Å². The Kier molecular flexibility index (Phi) is 3.41. The molecule has 6 heteroatoms. The van der Waals surface area contributed by atoms with E-state index in [9.17, 15) is 18.0 Å². The number of hydrogen-bond acceptors (Lipinski definition) is 2. The van der Waals surface area contributed by atoms with E-state index in [4.69, 9.17) is 5.11 Å². The summed E-state index contributed by atoms with van der Waals surface area (Å²) in [6.07, 6.45) is -1.37. The highest BCUT2D eigenvalue weighted by Gasteiger charge is 2.37. The van der Waals surface area contributed by atoms with Crippen LogP contribution in [0, 0.1) is 5.82 Å². The summed E-state index contributed by atoms with van der Waals surface area (Å²) >= 11 is 0.